The van der Waals surface area contributed by atoms with Crippen molar-refractivity contribution in [3.8, 4) is 11.5 Å². The van der Waals surface area contributed by atoms with E-state index in [-0.39, 0.29) is 18.6 Å². The van der Waals surface area contributed by atoms with Gasteiger partial charge in [0, 0.05) is 24.7 Å². The van der Waals surface area contributed by atoms with Crippen LogP contribution < -0.4 is 9.47 Å². The standard InChI is InChI=1S/C21H22ClNO4/c22-16-9-7-15(8-10-16)12-23(13-17-4-3-11-25-17)21(24)20-14-26-18-5-1-2-6-19(18)27-20/h1-2,5-10,17,20H,3-4,11-14H2/t17-,20+/m1/s1. The number of fused-ring (bicyclic) bond motifs is 1. The van der Waals surface area contributed by atoms with E-state index in [9.17, 15) is 4.79 Å². The van der Waals surface area contributed by atoms with Crippen LogP contribution in [0.5, 0.6) is 11.5 Å². The number of halogens is 1. The summed E-state index contributed by atoms with van der Waals surface area (Å²) in [6.07, 6.45) is 1.41. The van der Waals surface area contributed by atoms with Crippen molar-refractivity contribution in [2.45, 2.75) is 31.6 Å². The summed E-state index contributed by atoms with van der Waals surface area (Å²) in [6, 6.07) is 15.0. The average Bonchev–Trinajstić information content (AvgIpc) is 3.21. The Hall–Kier alpha value is -2.24. The number of carbonyl (C=O) groups is 1. The van der Waals surface area contributed by atoms with Gasteiger partial charge in [-0.2, -0.15) is 0 Å². The number of para-hydroxylation sites is 2. The Morgan fingerprint density at radius 2 is 1.89 bits per heavy atom. The molecule has 1 saturated heterocycles. The fraction of sp³-hybridized carbons (Fsp3) is 0.381. The lowest BCUT2D eigenvalue weighted by molar-refractivity contribution is -0.143. The average molecular weight is 388 g/mol. The minimum Gasteiger partial charge on any atom is -0.485 e. The molecule has 0 saturated carbocycles. The number of amides is 1. The third-order valence-electron chi connectivity index (χ3n) is 4.83. The highest BCUT2D eigenvalue weighted by atomic mass is 35.5. The van der Waals surface area contributed by atoms with Gasteiger partial charge in [0.2, 0.25) is 6.10 Å². The number of benzene rings is 2. The second-order valence-electron chi connectivity index (χ2n) is 6.84. The summed E-state index contributed by atoms with van der Waals surface area (Å²) in [7, 11) is 0. The van der Waals surface area contributed by atoms with Crippen molar-refractivity contribution in [2.75, 3.05) is 19.8 Å². The quantitative estimate of drug-likeness (QED) is 0.785. The minimum atomic E-state index is -0.659. The van der Waals surface area contributed by atoms with E-state index in [0.29, 0.717) is 29.6 Å². The van der Waals surface area contributed by atoms with E-state index >= 15 is 0 Å². The van der Waals surface area contributed by atoms with Crippen molar-refractivity contribution in [2.24, 2.45) is 0 Å². The Labute approximate surface area is 163 Å². The van der Waals surface area contributed by atoms with Gasteiger partial charge >= 0.3 is 0 Å². The summed E-state index contributed by atoms with van der Waals surface area (Å²) in [5.74, 6) is 1.19. The maximum Gasteiger partial charge on any atom is 0.267 e. The molecule has 2 aromatic carbocycles. The molecule has 5 nitrogen and oxygen atoms in total. The topological polar surface area (TPSA) is 48.0 Å². The zero-order chi connectivity index (χ0) is 18.6. The monoisotopic (exact) mass is 387 g/mol. The van der Waals surface area contributed by atoms with E-state index in [4.69, 9.17) is 25.8 Å². The van der Waals surface area contributed by atoms with Crippen molar-refractivity contribution in [1.29, 1.82) is 0 Å². The molecule has 2 aromatic rings. The highest BCUT2D eigenvalue weighted by molar-refractivity contribution is 6.30. The van der Waals surface area contributed by atoms with E-state index in [0.717, 1.165) is 25.0 Å². The van der Waals surface area contributed by atoms with E-state index < -0.39 is 6.10 Å². The number of nitrogens with zero attached hydrogens (tertiary/aromatic N) is 1. The number of rotatable bonds is 5. The van der Waals surface area contributed by atoms with Crippen LogP contribution in [0.1, 0.15) is 18.4 Å². The molecule has 1 fully saturated rings. The number of carbonyl (C=O) groups excluding carboxylic acids is 1. The zero-order valence-electron chi connectivity index (χ0n) is 15.0. The van der Waals surface area contributed by atoms with Crippen LogP contribution in [0.3, 0.4) is 0 Å². The molecule has 2 aliphatic heterocycles. The lowest BCUT2D eigenvalue weighted by atomic mass is 10.1. The van der Waals surface area contributed by atoms with E-state index in [1.54, 1.807) is 4.90 Å². The fourth-order valence-corrected chi connectivity index (χ4v) is 3.55. The first kappa shape index (κ1) is 18.1. The number of hydrogen-bond donors (Lipinski definition) is 0. The molecule has 0 N–H and O–H groups in total. The molecule has 0 bridgehead atoms. The second-order valence-corrected chi connectivity index (χ2v) is 7.28. The van der Waals surface area contributed by atoms with E-state index in [2.05, 4.69) is 0 Å². The summed E-state index contributed by atoms with van der Waals surface area (Å²) < 4.78 is 17.4. The van der Waals surface area contributed by atoms with Crippen LogP contribution in [0.25, 0.3) is 0 Å². The van der Waals surface area contributed by atoms with Gasteiger partial charge in [-0.25, -0.2) is 0 Å². The Bertz CT molecular complexity index is 789. The van der Waals surface area contributed by atoms with Gasteiger partial charge in [-0.15, -0.1) is 0 Å². The SMILES string of the molecule is O=C([C@@H]1COc2ccccc2O1)N(Cc1ccc(Cl)cc1)C[C@H]1CCCO1. The molecule has 2 atom stereocenters. The van der Waals surface area contributed by atoms with Crippen LogP contribution in [0.4, 0.5) is 0 Å². The normalized spacial score (nSPS) is 21.1. The number of ether oxygens (including phenoxy) is 3. The summed E-state index contributed by atoms with van der Waals surface area (Å²) >= 11 is 5.98. The highest BCUT2D eigenvalue weighted by Crippen LogP contribution is 2.31. The maximum atomic E-state index is 13.2. The molecule has 27 heavy (non-hydrogen) atoms. The molecule has 2 aliphatic rings. The minimum absolute atomic E-state index is 0.0676. The summed E-state index contributed by atoms with van der Waals surface area (Å²) in [5, 5.41) is 0.677. The lowest BCUT2D eigenvalue weighted by Gasteiger charge is -2.32. The van der Waals surface area contributed by atoms with Crippen LogP contribution in [0.2, 0.25) is 5.02 Å². The molecule has 4 rings (SSSR count). The Balaban J connectivity index is 1.50. The maximum absolute atomic E-state index is 13.2. The molecule has 0 radical (unpaired) electrons. The molecule has 6 heteroatoms. The van der Waals surface area contributed by atoms with Crippen LogP contribution in [-0.4, -0.2) is 42.8 Å². The van der Waals surface area contributed by atoms with Crippen molar-refractivity contribution in [3.63, 3.8) is 0 Å². The van der Waals surface area contributed by atoms with Gasteiger partial charge in [-0.3, -0.25) is 4.79 Å². The third-order valence-corrected chi connectivity index (χ3v) is 5.08. The third kappa shape index (κ3) is 4.37. The van der Waals surface area contributed by atoms with Crippen molar-refractivity contribution in [3.05, 3.63) is 59.1 Å². The van der Waals surface area contributed by atoms with E-state index in [1.807, 2.05) is 48.5 Å². The van der Waals surface area contributed by atoms with Crippen molar-refractivity contribution in [1.82, 2.24) is 4.90 Å². The van der Waals surface area contributed by atoms with Crippen molar-refractivity contribution >= 4 is 17.5 Å². The van der Waals surface area contributed by atoms with Gasteiger partial charge in [0.25, 0.3) is 5.91 Å². The predicted octanol–water partition coefficient (Wildman–Crippen LogP) is 3.69. The number of hydrogen-bond acceptors (Lipinski definition) is 4. The zero-order valence-corrected chi connectivity index (χ0v) is 15.7. The van der Waals surface area contributed by atoms with Crippen LogP contribution >= 0.6 is 11.6 Å². The molecule has 1 amide bonds. The van der Waals surface area contributed by atoms with Crippen LogP contribution in [0, 0.1) is 0 Å². The molecule has 0 unspecified atom stereocenters. The largest absolute Gasteiger partial charge is 0.485 e. The predicted molar refractivity (Wildman–Crippen MR) is 102 cm³/mol. The van der Waals surface area contributed by atoms with Gasteiger partial charge in [0.15, 0.2) is 11.5 Å². The summed E-state index contributed by atoms with van der Waals surface area (Å²) in [5.41, 5.74) is 1.02. The van der Waals surface area contributed by atoms with Gasteiger partial charge < -0.3 is 19.1 Å². The first-order valence-electron chi connectivity index (χ1n) is 9.22. The smallest absolute Gasteiger partial charge is 0.267 e. The Morgan fingerprint density at radius 1 is 1.11 bits per heavy atom. The lowest BCUT2D eigenvalue weighted by Crippen LogP contribution is -2.48. The summed E-state index contributed by atoms with van der Waals surface area (Å²) in [4.78, 5) is 15.0. The molecule has 0 aliphatic carbocycles. The van der Waals surface area contributed by atoms with Gasteiger partial charge in [-0.1, -0.05) is 35.9 Å². The van der Waals surface area contributed by atoms with Gasteiger partial charge in [0.05, 0.1) is 6.10 Å². The Morgan fingerprint density at radius 3 is 2.63 bits per heavy atom. The van der Waals surface area contributed by atoms with Crippen molar-refractivity contribution < 1.29 is 19.0 Å². The van der Waals surface area contributed by atoms with Crippen LogP contribution in [0.15, 0.2) is 48.5 Å². The first-order chi connectivity index (χ1) is 13.2. The van der Waals surface area contributed by atoms with Crippen LogP contribution in [-0.2, 0) is 16.1 Å². The summed E-state index contributed by atoms with van der Waals surface area (Å²) in [6.45, 7) is 1.99. The fourth-order valence-electron chi connectivity index (χ4n) is 3.42. The molecule has 0 spiro atoms. The molecular weight excluding hydrogens is 366 g/mol. The van der Waals surface area contributed by atoms with Gasteiger partial charge in [0.1, 0.15) is 6.61 Å². The first-order valence-corrected chi connectivity index (χ1v) is 9.60. The van der Waals surface area contributed by atoms with E-state index in [1.165, 1.54) is 0 Å². The highest BCUT2D eigenvalue weighted by Gasteiger charge is 2.33. The molecule has 0 aromatic heterocycles. The molecule has 142 valence electrons. The molecular formula is C21H22ClNO4. The Kier molecular flexibility index (Phi) is 5.50. The van der Waals surface area contributed by atoms with Gasteiger partial charge in [-0.05, 0) is 42.7 Å². The molecule has 2 heterocycles. The second kappa shape index (κ2) is 8.19.